The van der Waals surface area contributed by atoms with Crippen molar-refractivity contribution in [2.24, 2.45) is 0 Å². The van der Waals surface area contributed by atoms with Gasteiger partial charge in [-0.3, -0.25) is 9.59 Å². The van der Waals surface area contributed by atoms with Gasteiger partial charge in [0.1, 0.15) is 5.82 Å². The van der Waals surface area contributed by atoms with Crippen molar-refractivity contribution in [3.63, 3.8) is 0 Å². The largest absolute Gasteiger partial charge is 0.474 e. The summed E-state index contributed by atoms with van der Waals surface area (Å²) in [7, 11) is 0. The second-order valence-electron chi connectivity index (χ2n) is 10.5. The fraction of sp³-hybridized carbons (Fsp3) is 0.108. The number of benzene rings is 5. The second kappa shape index (κ2) is 14.6. The lowest BCUT2D eigenvalue weighted by molar-refractivity contribution is -0.156. The SMILES string of the molecule is O=C(O)C(=O)N(Cc1cccc(-c2ccc(F)cc2)c1)Cc1ccc(C(=O)NCCc2ccc(-c3ccccc3)cc2)cc1Br. The first-order chi connectivity index (χ1) is 21.8. The highest BCUT2D eigenvalue weighted by Gasteiger charge is 2.23. The maximum absolute atomic E-state index is 13.4. The minimum absolute atomic E-state index is 0.00731. The molecule has 8 heteroatoms. The Hall–Kier alpha value is -5.08. The van der Waals surface area contributed by atoms with Crippen LogP contribution in [0.15, 0.2) is 126 Å². The van der Waals surface area contributed by atoms with Gasteiger partial charge in [-0.15, -0.1) is 0 Å². The molecule has 0 aliphatic rings. The van der Waals surface area contributed by atoms with Crippen LogP contribution >= 0.6 is 15.9 Å². The number of nitrogens with one attached hydrogen (secondary N) is 1. The van der Waals surface area contributed by atoms with E-state index in [0.29, 0.717) is 34.1 Å². The summed E-state index contributed by atoms with van der Waals surface area (Å²) in [6.07, 6.45) is 0.675. The predicted octanol–water partition coefficient (Wildman–Crippen LogP) is 7.51. The number of hydrogen-bond acceptors (Lipinski definition) is 3. The van der Waals surface area contributed by atoms with Gasteiger partial charge in [-0.1, -0.05) is 107 Å². The van der Waals surface area contributed by atoms with Crippen LogP contribution in [-0.2, 0) is 29.1 Å². The van der Waals surface area contributed by atoms with Crippen molar-refractivity contribution in [2.75, 3.05) is 6.54 Å². The van der Waals surface area contributed by atoms with Crippen LogP contribution in [0.2, 0.25) is 0 Å². The Bertz CT molecular complexity index is 1810. The normalized spacial score (nSPS) is 10.7. The summed E-state index contributed by atoms with van der Waals surface area (Å²) in [6, 6.07) is 36.8. The highest BCUT2D eigenvalue weighted by atomic mass is 79.9. The van der Waals surface area contributed by atoms with Gasteiger partial charge in [0.05, 0.1) is 0 Å². The number of nitrogens with zero attached hydrogens (tertiary/aromatic N) is 1. The Kier molecular flexibility index (Phi) is 10.2. The van der Waals surface area contributed by atoms with E-state index in [1.807, 2.05) is 30.3 Å². The van der Waals surface area contributed by atoms with E-state index in [1.54, 1.807) is 42.5 Å². The molecule has 5 aromatic carbocycles. The second-order valence-corrected chi connectivity index (χ2v) is 11.4. The minimum Gasteiger partial charge on any atom is -0.474 e. The van der Waals surface area contributed by atoms with Crippen LogP contribution in [0.25, 0.3) is 22.3 Å². The molecule has 45 heavy (non-hydrogen) atoms. The molecule has 0 saturated heterocycles. The van der Waals surface area contributed by atoms with Crippen molar-refractivity contribution in [1.29, 1.82) is 0 Å². The third-order valence-electron chi connectivity index (χ3n) is 7.38. The monoisotopic (exact) mass is 664 g/mol. The summed E-state index contributed by atoms with van der Waals surface area (Å²) in [5.41, 5.74) is 6.81. The van der Waals surface area contributed by atoms with E-state index in [2.05, 4.69) is 57.6 Å². The summed E-state index contributed by atoms with van der Waals surface area (Å²) in [5, 5.41) is 12.4. The maximum atomic E-state index is 13.4. The van der Waals surface area contributed by atoms with Crippen molar-refractivity contribution >= 4 is 33.7 Å². The number of aliphatic carboxylic acids is 1. The lowest BCUT2D eigenvalue weighted by atomic mass is 10.0. The fourth-order valence-corrected chi connectivity index (χ4v) is 5.49. The molecule has 0 unspecified atom stereocenters. The summed E-state index contributed by atoms with van der Waals surface area (Å²) in [6.45, 7) is 0.509. The first-order valence-electron chi connectivity index (χ1n) is 14.3. The Morgan fingerprint density at radius 2 is 1.33 bits per heavy atom. The van der Waals surface area contributed by atoms with Crippen LogP contribution in [0.3, 0.4) is 0 Å². The molecule has 0 spiro atoms. The van der Waals surface area contributed by atoms with Gasteiger partial charge in [0.2, 0.25) is 0 Å². The van der Waals surface area contributed by atoms with Crippen LogP contribution in [-0.4, -0.2) is 34.3 Å². The number of halogens is 2. The Morgan fingerprint density at radius 1 is 0.689 bits per heavy atom. The van der Waals surface area contributed by atoms with E-state index in [-0.39, 0.29) is 24.8 Å². The smallest absolute Gasteiger partial charge is 0.394 e. The maximum Gasteiger partial charge on any atom is 0.394 e. The molecular weight excluding hydrogens is 635 g/mol. The molecule has 0 bridgehead atoms. The molecule has 5 rings (SSSR count). The standard InChI is InChI=1S/C37H30BrFN2O4/c38-34-22-31(35(42)40-20-19-25-9-11-28(12-10-25)27-6-2-1-3-7-27)13-14-32(34)24-41(36(43)37(44)45)23-26-5-4-8-30(21-26)29-15-17-33(39)18-16-29/h1-18,21-22H,19-20,23-24H2,(H,40,42)(H,44,45). The Labute approximate surface area is 269 Å². The molecule has 6 nitrogen and oxygen atoms in total. The zero-order valence-electron chi connectivity index (χ0n) is 24.3. The number of amides is 2. The molecule has 0 saturated carbocycles. The van der Waals surface area contributed by atoms with E-state index in [9.17, 15) is 23.9 Å². The third kappa shape index (κ3) is 8.31. The van der Waals surface area contributed by atoms with Crippen LogP contribution < -0.4 is 5.32 Å². The van der Waals surface area contributed by atoms with E-state index in [0.717, 1.165) is 27.8 Å². The topological polar surface area (TPSA) is 86.7 Å². The molecule has 0 aliphatic heterocycles. The predicted molar refractivity (Wildman–Crippen MR) is 176 cm³/mol. The number of hydrogen-bond donors (Lipinski definition) is 2. The molecule has 0 radical (unpaired) electrons. The average Bonchev–Trinajstić information content (AvgIpc) is 3.06. The van der Waals surface area contributed by atoms with Crippen molar-refractivity contribution in [3.8, 4) is 22.3 Å². The molecule has 226 valence electrons. The Morgan fingerprint density at radius 3 is 2.02 bits per heavy atom. The quantitative estimate of drug-likeness (QED) is 0.151. The van der Waals surface area contributed by atoms with Gasteiger partial charge in [0, 0.05) is 29.7 Å². The van der Waals surface area contributed by atoms with Gasteiger partial charge >= 0.3 is 11.9 Å². The molecule has 2 N–H and O–H groups in total. The van der Waals surface area contributed by atoms with Crippen LogP contribution in [0, 0.1) is 5.82 Å². The first kappa shape index (κ1) is 31.3. The van der Waals surface area contributed by atoms with Crippen LogP contribution in [0.1, 0.15) is 27.0 Å². The van der Waals surface area contributed by atoms with Crippen molar-refractivity contribution in [1.82, 2.24) is 10.2 Å². The summed E-state index contributed by atoms with van der Waals surface area (Å²) in [4.78, 5) is 38.4. The number of carboxylic acid groups (broad SMARTS) is 1. The van der Waals surface area contributed by atoms with Crippen LogP contribution in [0.5, 0.6) is 0 Å². The van der Waals surface area contributed by atoms with Gasteiger partial charge in [0.25, 0.3) is 5.91 Å². The molecule has 0 aromatic heterocycles. The lowest BCUT2D eigenvalue weighted by Gasteiger charge is -2.22. The number of rotatable bonds is 10. The van der Waals surface area contributed by atoms with Crippen molar-refractivity contribution < 1.29 is 23.9 Å². The Balaban J connectivity index is 1.21. The van der Waals surface area contributed by atoms with Crippen molar-refractivity contribution in [3.05, 3.63) is 154 Å². The van der Waals surface area contributed by atoms with E-state index >= 15 is 0 Å². The third-order valence-corrected chi connectivity index (χ3v) is 8.12. The molecule has 0 heterocycles. The van der Waals surface area contributed by atoms with Gasteiger partial charge in [-0.2, -0.15) is 0 Å². The zero-order valence-corrected chi connectivity index (χ0v) is 25.8. The number of carboxylic acids is 1. The van der Waals surface area contributed by atoms with E-state index in [1.165, 1.54) is 17.0 Å². The van der Waals surface area contributed by atoms with E-state index < -0.39 is 11.9 Å². The molecule has 2 amide bonds. The van der Waals surface area contributed by atoms with E-state index in [4.69, 9.17) is 0 Å². The van der Waals surface area contributed by atoms with Gasteiger partial charge < -0.3 is 15.3 Å². The highest BCUT2D eigenvalue weighted by Crippen LogP contribution is 2.25. The summed E-state index contributed by atoms with van der Waals surface area (Å²) < 4.78 is 14.0. The molecule has 0 fully saturated rings. The van der Waals surface area contributed by atoms with Gasteiger partial charge in [0.15, 0.2) is 0 Å². The lowest BCUT2D eigenvalue weighted by Crippen LogP contribution is -2.35. The molecule has 0 atom stereocenters. The van der Waals surface area contributed by atoms with Gasteiger partial charge in [-0.05, 0) is 75.7 Å². The zero-order chi connectivity index (χ0) is 31.8. The molecule has 5 aromatic rings. The summed E-state index contributed by atoms with van der Waals surface area (Å²) >= 11 is 3.50. The number of carbonyl (C=O) groups is 3. The van der Waals surface area contributed by atoms with Crippen molar-refractivity contribution in [2.45, 2.75) is 19.5 Å². The minimum atomic E-state index is -1.56. The molecular formula is C37H30BrFN2O4. The highest BCUT2D eigenvalue weighted by molar-refractivity contribution is 9.10. The molecule has 0 aliphatic carbocycles. The first-order valence-corrected chi connectivity index (χ1v) is 15.1. The average molecular weight is 666 g/mol. The van der Waals surface area contributed by atoms with Gasteiger partial charge in [-0.25, -0.2) is 9.18 Å². The number of carbonyl (C=O) groups excluding carboxylic acids is 2. The fourth-order valence-electron chi connectivity index (χ4n) is 4.99. The summed E-state index contributed by atoms with van der Waals surface area (Å²) in [5.74, 6) is -3.19. The van der Waals surface area contributed by atoms with Crippen LogP contribution in [0.4, 0.5) is 4.39 Å².